The van der Waals surface area contributed by atoms with E-state index in [9.17, 15) is 13.2 Å². The summed E-state index contributed by atoms with van der Waals surface area (Å²) >= 11 is 0. The predicted molar refractivity (Wildman–Crippen MR) is 83.3 cm³/mol. The molecule has 0 spiro atoms. The molecule has 1 unspecified atom stereocenters. The number of carbonyl (C=O) groups is 1. The van der Waals surface area contributed by atoms with Gasteiger partial charge in [-0.1, -0.05) is 6.07 Å². The maximum absolute atomic E-state index is 13.0. The number of sulfone groups is 1. The number of rotatable bonds is 3. The Kier molecular flexibility index (Phi) is 3.13. The zero-order valence-corrected chi connectivity index (χ0v) is 13.8. The van der Waals surface area contributed by atoms with E-state index in [1.165, 1.54) is 0 Å². The Morgan fingerprint density at radius 1 is 1.26 bits per heavy atom. The highest BCUT2D eigenvalue weighted by molar-refractivity contribution is 7.91. The van der Waals surface area contributed by atoms with Crippen molar-refractivity contribution >= 4 is 15.7 Å². The minimum Gasteiger partial charge on any atom is -0.454 e. The fraction of sp³-hybridized carbons (Fsp3) is 0.562. The second kappa shape index (κ2) is 4.87. The van der Waals surface area contributed by atoms with Crippen LogP contribution in [-0.4, -0.2) is 50.6 Å². The highest BCUT2D eigenvalue weighted by Crippen LogP contribution is 2.51. The Balaban J connectivity index is 1.58. The van der Waals surface area contributed by atoms with E-state index in [1.807, 2.05) is 18.2 Å². The highest BCUT2D eigenvalue weighted by atomic mass is 32.2. The summed E-state index contributed by atoms with van der Waals surface area (Å²) < 4.78 is 34.0. The lowest BCUT2D eigenvalue weighted by Gasteiger charge is -2.28. The van der Waals surface area contributed by atoms with Gasteiger partial charge in [0.1, 0.15) is 0 Å². The Morgan fingerprint density at radius 3 is 2.65 bits per heavy atom. The summed E-state index contributed by atoms with van der Waals surface area (Å²) in [6.45, 7) is 0.208. The van der Waals surface area contributed by atoms with Gasteiger partial charge in [-0.3, -0.25) is 4.79 Å². The second-order valence-electron chi connectivity index (χ2n) is 6.62. The van der Waals surface area contributed by atoms with Crippen LogP contribution in [0, 0.1) is 0 Å². The molecule has 0 N–H and O–H groups in total. The van der Waals surface area contributed by atoms with Gasteiger partial charge in [-0.05, 0) is 37.0 Å². The average molecular weight is 337 g/mol. The molecule has 1 atom stereocenters. The number of hydrogen-bond donors (Lipinski definition) is 0. The van der Waals surface area contributed by atoms with Crippen molar-refractivity contribution in [2.24, 2.45) is 0 Å². The summed E-state index contributed by atoms with van der Waals surface area (Å²) in [5, 5.41) is 0. The van der Waals surface area contributed by atoms with Crippen molar-refractivity contribution < 1.29 is 22.7 Å². The van der Waals surface area contributed by atoms with Crippen LogP contribution < -0.4 is 9.47 Å². The van der Waals surface area contributed by atoms with Crippen molar-refractivity contribution in [3.05, 3.63) is 23.8 Å². The molecule has 1 aliphatic carbocycles. The Labute approximate surface area is 135 Å². The fourth-order valence-electron chi connectivity index (χ4n) is 3.53. The molecule has 23 heavy (non-hydrogen) atoms. The van der Waals surface area contributed by atoms with E-state index in [0.717, 1.165) is 18.4 Å². The first-order chi connectivity index (χ1) is 10.9. The summed E-state index contributed by atoms with van der Waals surface area (Å²) in [4.78, 5) is 14.6. The van der Waals surface area contributed by atoms with Crippen LogP contribution >= 0.6 is 0 Å². The highest BCUT2D eigenvalue weighted by Gasteiger charge is 2.54. The normalized spacial score (nSPS) is 26.0. The van der Waals surface area contributed by atoms with Gasteiger partial charge >= 0.3 is 0 Å². The molecule has 2 fully saturated rings. The molecule has 1 amide bonds. The molecule has 1 saturated heterocycles. The molecule has 1 saturated carbocycles. The van der Waals surface area contributed by atoms with Crippen LogP contribution in [0.2, 0.25) is 0 Å². The molecule has 0 aromatic heterocycles. The minimum atomic E-state index is -3.00. The fourth-order valence-corrected chi connectivity index (χ4v) is 5.30. The first-order valence-electron chi connectivity index (χ1n) is 7.79. The van der Waals surface area contributed by atoms with Gasteiger partial charge in [0, 0.05) is 13.1 Å². The summed E-state index contributed by atoms with van der Waals surface area (Å²) in [5.41, 5.74) is 0.404. The van der Waals surface area contributed by atoms with E-state index >= 15 is 0 Å². The zero-order valence-electron chi connectivity index (χ0n) is 12.9. The van der Waals surface area contributed by atoms with Gasteiger partial charge in [0.05, 0.1) is 16.9 Å². The van der Waals surface area contributed by atoms with E-state index in [4.69, 9.17) is 9.47 Å². The van der Waals surface area contributed by atoms with Gasteiger partial charge in [0.25, 0.3) is 0 Å². The molecule has 2 heterocycles. The molecule has 4 rings (SSSR count). The van der Waals surface area contributed by atoms with Crippen LogP contribution in [0.4, 0.5) is 0 Å². The molecule has 0 bridgehead atoms. The number of fused-ring (bicyclic) bond motifs is 1. The van der Waals surface area contributed by atoms with E-state index < -0.39 is 15.3 Å². The molecular weight excluding hydrogens is 318 g/mol. The lowest BCUT2D eigenvalue weighted by molar-refractivity contribution is -0.134. The summed E-state index contributed by atoms with van der Waals surface area (Å²) in [5.74, 6) is 1.64. The second-order valence-corrected chi connectivity index (χ2v) is 8.85. The molecule has 1 aromatic rings. The zero-order chi connectivity index (χ0) is 16.2. The van der Waals surface area contributed by atoms with Gasteiger partial charge < -0.3 is 14.4 Å². The van der Waals surface area contributed by atoms with E-state index in [2.05, 4.69) is 0 Å². The van der Waals surface area contributed by atoms with Gasteiger partial charge in [-0.15, -0.1) is 0 Å². The molecule has 1 aromatic carbocycles. The first kappa shape index (κ1) is 14.8. The number of amides is 1. The van der Waals surface area contributed by atoms with Crippen LogP contribution in [0.15, 0.2) is 18.2 Å². The number of benzene rings is 1. The first-order valence-corrected chi connectivity index (χ1v) is 9.61. The third-order valence-electron chi connectivity index (χ3n) is 5.16. The number of ether oxygens (including phenoxy) is 2. The van der Waals surface area contributed by atoms with Gasteiger partial charge in [-0.25, -0.2) is 8.42 Å². The maximum Gasteiger partial charge on any atom is 0.233 e. The average Bonchev–Trinajstić information content (AvgIpc) is 3.06. The van der Waals surface area contributed by atoms with Crippen LogP contribution in [0.5, 0.6) is 11.5 Å². The van der Waals surface area contributed by atoms with Crippen LogP contribution in [0.3, 0.4) is 0 Å². The maximum atomic E-state index is 13.0. The largest absolute Gasteiger partial charge is 0.454 e. The number of hydrogen-bond acceptors (Lipinski definition) is 5. The predicted octanol–water partition coefficient (Wildman–Crippen LogP) is 1.09. The monoisotopic (exact) mass is 337 g/mol. The third kappa shape index (κ3) is 2.38. The number of carbonyl (C=O) groups excluding carboxylic acids is 1. The van der Waals surface area contributed by atoms with E-state index in [1.54, 1.807) is 11.9 Å². The standard InChI is InChI=1S/C16H19NO5S/c1-17(12-4-7-23(19,20)9-12)15(18)16(5-6-16)11-2-3-13-14(8-11)22-10-21-13/h2-3,8,12H,4-7,9-10H2,1H3. The lowest BCUT2D eigenvalue weighted by atomic mass is 9.93. The molecular formula is C16H19NO5S. The Hall–Kier alpha value is -1.76. The molecule has 7 heteroatoms. The number of nitrogens with zero attached hydrogens (tertiary/aromatic N) is 1. The minimum absolute atomic E-state index is 0.0125. The van der Waals surface area contributed by atoms with Gasteiger partial charge in [0.2, 0.25) is 12.7 Å². The summed E-state index contributed by atoms with van der Waals surface area (Å²) in [6, 6.07) is 5.42. The number of likely N-dealkylation sites (N-methyl/N-ethyl adjacent to an activating group) is 1. The molecule has 6 nitrogen and oxygen atoms in total. The SMILES string of the molecule is CN(C(=O)C1(c2ccc3c(c2)OCO3)CC1)C1CCS(=O)(=O)C1. The van der Waals surface area contributed by atoms with Crippen LogP contribution in [0.1, 0.15) is 24.8 Å². The third-order valence-corrected chi connectivity index (χ3v) is 6.91. The van der Waals surface area contributed by atoms with E-state index in [0.29, 0.717) is 17.9 Å². The molecule has 2 aliphatic heterocycles. The van der Waals surface area contributed by atoms with Crippen molar-refractivity contribution in [3.63, 3.8) is 0 Å². The van der Waals surface area contributed by atoms with Crippen molar-refractivity contribution in [3.8, 4) is 11.5 Å². The van der Waals surface area contributed by atoms with Crippen molar-refractivity contribution in [1.82, 2.24) is 4.90 Å². The molecule has 0 radical (unpaired) electrons. The smallest absolute Gasteiger partial charge is 0.233 e. The summed E-state index contributed by atoms with van der Waals surface area (Å²) in [7, 11) is -1.28. The summed E-state index contributed by atoms with van der Waals surface area (Å²) in [6.07, 6.45) is 2.10. The Morgan fingerprint density at radius 2 is 2.00 bits per heavy atom. The Bertz CT molecular complexity index is 769. The van der Waals surface area contributed by atoms with Crippen molar-refractivity contribution in [1.29, 1.82) is 0 Å². The van der Waals surface area contributed by atoms with Crippen molar-refractivity contribution in [2.45, 2.75) is 30.7 Å². The van der Waals surface area contributed by atoms with Crippen LogP contribution in [-0.2, 0) is 20.0 Å². The quantitative estimate of drug-likeness (QED) is 0.826. The topological polar surface area (TPSA) is 72.9 Å². The van der Waals surface area contributed by atoms with E-state index in [-0.39, 0.29) is 30.2 Å². The van der Waals surface area contributed by atoms with Crippen LogP contribution in [0.25, 0.3) is 0 Å². The molecule has 3 aliphatic rings. The van der Waals surface area contributed by atoms with Gasteiger partial charge in [-0.2, -0.15) is 0 Å². The lowest BCUT2D eigenvalue weighted by Crippen LogP contribution is -2.43. The molecule has 124 valence electrons. The van der Waals surface area contributed by atoms with Gasteiger partial charge in [0.15, 0.2) is 21.3 Å². The van der Waals surface area contributed by atoms with Crippen molar-refractivity contribution in [2.75, 3.05) is 25.3 Å².